The van der Waals surface area contributed by atoms with Gasteiger partial charge in [0.05, 0.1) is 0 Å². The van der Waals surface area contributed by atoms with Crippen LogP contribution in [0.4, 0.5) is 0 Å². The Morgan fingerprint density at radius 3 is 1.50 bits per heavy atom. The third kappa shape index (κ3) is 5.91. The third-order valence-electron chi connectivity index (χ3n) is 2.70. The van der Waals surface area contributed by atoms with E-state index in [0.717, 1.165) is 6.42 Å². The third-order valence-corrected chi connectivity index (χ3v) is 2.70. The van der Waals surface area contributed by atoms with Gasteiger partial charge < -0.3 is 24.8 Å². The van der Waals surface area contributed by atoms with Gasteiger partial charge in [-0.1, -0.05) is 59.3 Å². The SMILES string of the molecule is CC(C)(C)C1=CCC(C(C)(C)C)=C1.[Cl-].[Cl-].[Ti+2]. The molecule has 0 amide bonds. The Kier molecular flexibility index (Phi) is 9.99. The summed E-state index contributed by atoms with van der Waals surface area (Å²) in [7, 11) is 0. The van der Waals surface area contributed by atoms with Crippen molar-refractivity contribution in [2.45, 2.75) is 48.0 Å². The van der Waals surface area contributed by atoms with Crippen LogP contribution in [0.2, 0.25) is 0 Å². The van der Waals surface area contributed by atoms with Gasteiger partial charge in [0.25, 0.3) is 0 Å². The van der Waals surface area contributed by atoms with E-state index >= 15 is 0 Å². The van der Waals surface area contributed by atoms with E-state index in [4.69, 9.17) is 0 Å². The van der Waals surface area contributed by atoms with E-state index < -0.39 is 0 Å². The molecule has 1 aliphatic rings. The fourth-order valence-corrected chi connectivity index (χ4v) is 1.57. The van der Waals surface area contributed by atoms with Crippen molar-refractivity contribution >= 4 is 0 Å². The molecule has 0 aliphatic heterocycles. The second-order valence-electron chi connectivity index (χ2n) is 6.03. The molecule has 0 heterocycles. The van der Waals surface area contributed by atoms with Gasteiger partial charge >= 0.3 is 21.7 Å². The zero-order valence-electron chi connectivity index (χ0n) is 11.1. The van der Waals surface area contributed by atoms with Crippen molar-refractivity contribution in [2.24, 2.45) is 10.8 Å². The van der Waals surface area contributed by atoms with E-state index in [1.165, 1.54) is 5.57 Å². The van der Waals surface area contributed by atoms with Crippen LogP contribution in [0.5, 0.6) is 0 Å². The second-order valence-corrected chi connectivity index (χ2v) is 6.03. The van der Waals surface area contributed by atoms with Crippen molar-refractivity contribution in [1.82, 2.24) is 0 Å². The van der Waals surface area contributed by atoms with Crippen LogP contribution in [0, 0.1) is 10.8 Å². The molecular formula is C13H22Cl2Ti. The summed E-state index contributed by atoms with van der Waals surface area (Å²) in [6.07, 6.45) is 5.91. The zero-order valence-corrected chi connectivity index (χ0v) is 14.2. The molecule has 0 spiro atoms. The Balaban J connectivity index is -0.000000563. The molecular weight excluding hydrogens is 275 g/mol. The monoisotopic (exact) mass is 296 g/mol. The largest absolute Gasteiger partial charge is 2.00 e. The van der Waals surface area contributed by atoms with Crippen LogP contribution in [0.1, 0.15) is 48.0 Å². The van der Waals surface area contributed by atoms with Gasteiger partial charge in [-0.3, -0.25) is 0 Å². The molecule has 0 nitrogen and oxygen atoms in total. The van der Waals surface area contributed by atoms with Gasteiger partial charge in [-0.25, -0.2) is 0 Å². The molecule has 0 radical (unpaired) electrons. The minimum absolute atomic E-state index is 0. The van der Waals surface area contributed by atoms with Gasteiger partial charge in [0, 0.05) is 0 Å². The summed E-state index contributed by atoms with van der Waals surface area (Å²) in [6, 6.07) is 0. The van der Waals surface area contributed by atoms with Gasteiger partial charge in [-0.15, -0.1) is 0 Å². The van der Waals surface area contributed by atoms with Crippen LogP contribution in [0.15, 0.2) is 23.3 Å². The van der Waals surface area contributed by atoms with Gasteiger partial charge in [-0.2, -0.15) is 0 Å². The zero-order chi connectivity index (χ0) is 10.3. The summed E-state index contributed by atoms with van der Waals surface area (Å²) >= 11 is 0. The predicted octanol–water partition coefficient (Wildman–Crippen LogP) is -1.66. The van der Waals surface area contributed by atoms with Gasteiger partial charge in [0.15, 0.2) is 0 Å². The van der Waals surface area contributed by atoms with Crippen molar-refractivity contribution in [3.05, 3.63) is 23.3 Å². The van der Waals surface area contributed by atoms with Crippen LogP contribution in [0.3, 0.4) is 0 Å². The van der Waals surface area contributed by atoms with Crippen molar-refractivity contribution in [2.75, 3.05) is 0 Å². The molecule has 0 N–H and O–H groups in total. The van der Waals surface area contributed by atoms with E-state index in [-0.39, 0.29) is 46.5 Å². The first kappa shape index (κ1) is 22.0. The van der Waals surface area contributed by atoms with Gasteiger partial charge in [0.1, 0.15) is 0 Å². The molecule has 1 aliphatic carbocycles. The van der Waals surface area contributed by atoms with E-state index in [0.29, 0.717) is 10.8 Å². The molecule has 0 unspecified atom stereocenters. The number of hydrogen-bond acceptors (Lipinski definition) is 0. The van der Waals surface area contributed by atoms with Crippen molar-refractivity contribution in [3.63, 3.8) is 0 Å². The summed E-state index contributed by atoms with van der Waals surface area (Å²) in [5, 5.41) is 0. The normalized spacial score (nSPS) is 15.1. The fourth-order valence-electron chi connectivity index (χ4n) is 1.57. The number of halogens is 2. The van der Waals surface area contributed by atoms with E-state index in [1.54, 1.807) is 5.57 Å². The minimum Gasteiger partial charge on any atom is -1.00 e. The molecule has 0 atom stereocenters. The summed E-state index contributed by atoms with van der Waals surface area (Å²) < 4.78 is 0. The number of allylic oxidation sites excluding steroid dienone is 4. The topological polar surface area (TPSA) is 0 Å². The van der Waals surface area contributed by atoms with Crippen LogP contribution in [-0.4, -0.2) is 0 Å². The first-order valence-electron chi connectivity index (χ1n) is 5.13. The Labute approximate surface area is 128 Å². The Hall–Kier alpha value is 0.774. The minimum atomic E-state index is 0. The quantitative estimate of drug-likeness (QED) is 0.470. The maximum Gasteiger partial charge on any atom is 2.00 e. The molecule has 3 heteroatoms. The maximum absolute atomic E-state index is 2.39. The van der Waals surface area contributed by atoms with Gasteiger partial charge in [-0.05, 0) is 22.8 Å². The smallest absolute Gasteiger partial charge is 1.00 e. The molecule has 0 aromatic carbocycles. The van der Waals surface area contributed by atoms with Crippen LogP contribution in [-0.2, 0) is 21.7 Å². The molecule has 1 rings (SSSR count). The van der Waals surface area contributed by atoms with Crippen LogP contribution >= 0.6 is 0 Å². The Morgan fingerprint density at radius 1 is 0.875 bits per heavy atom. The summed E-state index contributed by atoms with van der Waals surface area (Å²) in [6.45, 7) is 13.7. The molecule has 0 saturated carbocycles. The molecule has 0 bridgehead atoms. The maximum atomic E-state index is 2.39. The van der Waals surface area contributed by atoms with Crippen LogP contribution in [0.25, 0.3) is 0 Å². The molecule has 16 heavy (non-hydrogen) atoms. The second kappa shape index (κ2) is 7.26. The molecule has 0 aromatic rings. The standard InChI is InChI=1S/C13H22.2ClH.Ti/c1-12(2,3)10-7-8-11(9-10)13(4,5)6;;;/h7,9H,8H2,1-6H3;2*1H;/q;;;+2/p-2. The average molecular weight is 297 g/mol. The van der Waals surface area contributed by atoms with Gasteiger partial charge in [0.2, 0.25) is 0 Å². The summed E-state index contributed by atoms with van der Waals surface area (Å²) in [5.74, 6) is 0. The first-order chi connectivity index (χ1) is 5.71. The first-order valence-corrected chi connectivity index (χ1v) is 5.13. The number of rotatable bonds is 0. The fraction of sp³-hybridized carbons (Fsp3) is 0.692. The van der Waals surface area contributed by atoms with E-state index in [9.17, 15) is 0 Å². The molecule has 92 valence electrons. The van der Waals surface area contributed by atoms with Crippen molar-refractivity contribution in [1.29, 1.82) is 0 Å². The van der Waals surface area contributed by atoms with E-state index in [1.807, 2.05) is 0 Å². The van der Waals surface area contributed by atoms with Crippen molar-refractivity contribution in [3.8, 4) is 0 Å². The number of hydrogen-bond donors (Lipinski definition) is 0. The average Bonchev–Trinajstić information content (AvgIpc) is 2.28. The summed E-state index contributed by atoms with van der Waals surface area (Å²) in [4.78, 5) is 0. The Morgan fingerprint density at radius 2 is 1.31 bits per heavy atom. The molecule has 0 fully saturated rings. The Bertz CT molecular complexity index is 265. The van der Waals surface area contributed by atoms with Crippen molar-refractivity contribution < 1.29 is 46.5 Å². The predicted molar refractivity (Wildman–Crippen MR) is 59.7 cm³/mol. The molecule has 0 aromatic heterocycles. The van der Waals surface area contributed by atoms with Crippen LogP contribution < -0.4 is 24.8 Å². The van der Waals surface area contributed by atoms with E-state index in [2.05, 4.69) is 53.7 Å². The molecule has 0 saturated heterocycles. The summed E-state index contributed by atoms with van der Waals surface area (Å²) in [5.41, 5.74) is 3.71.